The van der Waals surface area contributed by atoms with E-state index in [-0.39, 0.29) is 5.78 Å². The van der Waals surface area contributed by atoms with Crippen molar-refractivity contribution >= 4 is 5.78 Å². The average Bonchev–Trinajstić information content (AvgIpc) is 2.30. The van der Waals surface area contributed by atoms with Gasteiger partial charge in [-0.25, -0.2) is 0 Å². The third-order valence-corrected chi connectivity index (χ3v) is 3.40. The molecule has 2 heterocycles. The van der Waals surface area contributed by atoms with Crippen molar-refractivity contribution in [1.82, 2.24) is 10.3 Å². The SMILES string of the molecule is Cc1ccncc1C(=O)C1(C)CCCCN1. The van der Waals surface area contributed by atoms with E-state index >= 15 is 0 Å². The van der Waals surface area contributed by atoms with E-state index in [2.05, 4.69) is 10.3 Å². The first kappa shape index (κ1) is 11.3. The van der Waals surface area contributed by atoms with Gasteiger partial charge in [-0.2, -0.15) is 0 Å². The van der Waals surface area contributed by atoms with Gasteiger partial charge in [0.25, 0.3) is 0 Å². The third-order valence-electron chi connectivity index (χ3n) is 3.40. The van der Waals surface area contributed by atoms with Crippen LogP contribution in [0.4, 0.5) is 0 Å². The molecule has 1 unspecified atom stereocenters. The van der Waals surface area contributed by atoms with E-state index in [1.165, 1.54) is 0 Å². The van der Waals surface area contributed by atoms with Crippen LogP contribution in [0.3, 0.4) is 0 Å². The smallest absolute Gasteiger partial charge is 0.184 e. The summed E-state index contributed by atoms with van der Waals surface area (Å²) >= 11 is 0. The number of rotatable bonds is 2. The molecule has 0 radical (unpaired) electrons. The summed E-state index contributed by atoms with van der Waals surface area (Å²) in [5.74, 6) is 0.179. The summed E-state index contributed by atoms with van der Waals surface area (Å²) < 4.78 is 0. The van der Waals surface area contributed by atoms with Crippen LogP contribution in [-0.2, 0) is 0 Å². The minimum Gasteiger partial charge on any atom is -0.305 e. The first-order valence-corrected chi connectivity index (χ1v) is 5.84. The summed E-state index contributed by atoms with van der Waals surface area (Å²) in [4.78, 5) is 16.5. The lowest BCUT2D eigenvalue weighted by atomic mass is 9.83. The van der Waals surface area contributed by atoms with Gasteiger partial charge in [-0.05, 0) is 51.3 Å². The first-order valence-electron chi connectivity index (χ1n) is 5.84. The summed E-state index contributed by atoms with van der Waals surface area (Å²) in [6.45, 7) is 4.89. The molecule has 2 rings (SSSR count). The Morgan fingerprint density at radius 1 is 1.50 bits per heavy atom. The van der Waals surface area contributed by atoms with E-state index < -0.39 is 5.54 Å². The fraction of sp³-hybridized carbons (Fsp3) is 0.538. The van der Waals surface area contributed by atoms with E-state index in [0.717, 1.165) is 36.9 Å². The van der Waals surface area contributed by atoms with Gasteiger partial charge in [-0.1, -0.05) is 0 Å². The number of hydrogen-bond acceptors (Lipinski definition) is 3. The third kappa shape index (κ3) is 2.00. The maximum atomic E-state index is 12.4. The van der Waals surface area contributed by atoms with Gasteiger partial charge in [-0.15, -0.1) is 0 Å². The van der Waals surface area contributed by atoms with E-state index in [1.54, 1.807) is 12.4 Å². The molecule has 0 spiro atoms. The van der Waals surface area contributed by atoms with Gasteiger partial charge in [0.05, 0.1) is 5.54 Å². The second-order valence-electron chi connectivity index (χ2n) is 4.74. The Labute approximate surface area is 96.3 Å². The summed E-state index contributed by atoms with van der Waals surface area (Å²) in [6, 6.07) is 1.89. The van der Waals surface area contributed by atoms with E-state index in [9.17, 15) is 4.79 Å². The van der Waals surface area contributed by atoms with Crippen molar-refractivity contribution in [2.45, 2.75) is 38.6 Å². The highest BCUT2D eigenvalue weighted by Crippen LogP contribution is 2.24. The highest BCUT2D eigenvalue weighted by atomic mass is 16.1. The van der Waals surface area contributed by atoms with Crippen LogP contribution in [0, 0.1) is 6.92 Å². The zero-order chi connectivity index (χ0) is 11.6. The average molecular weight is 218 g/mol. The largest absolute Gasteiger partial charge is 0.305 e. The minimum absolute atomic E-state index is 0.179. The molecule has 1 saturated heterocycles. The molecule has 0 aliphatic carbocycles. The van der Waals surface area contributed by atoms with Gasteiger partial charge in [0.1, 0.15) is 0 Å². The monoisotopic (exact) mass is 218 g/mol. The lowest BCUT2D eigenvalue weighted by Gasteiger charge is -2.33. The van der Waals surface area contributed by atoms with Crippen LogP contribution >= 0.6 is 0 Å². The normalized spacial score (nSPS) is 25.4. The number of nitrogens with zero attached hydrogens (tertiary/aromatic N) is 1. The maximum Gasteiger partial charge on any atom is 0.184 e. The van der Waals surface area contributed by atoms with Crippen LogP contribution in [-0.4, -0.2) is 22.9 Å². The number of ketones is 1. The zero-order valence-electron chi connectivity index (χ0n) is 9.92. The molecule has 3 nitrogen and oxygen atoms in total. The topological polar surface area (TPSA) is 42.0 Å². The Morgan fingerprint density at radius 3 is 2.94 bits per heavy atom. The molecular weight excluding hydrogens is 200 g/mol. The highest BCUT2D eigenvalue weighted by Gasteiger charge is 2.35. The lowest BCUT2D eigenvalue weighted by molar-refractivity contribution is 0.0833. The molecule has 0 aromatic carbocycles. The molecule has 3 heteroatoms. The fourth-order valence-corrected chi connectivity index (χ4v) is 2.25. The number of Topliss-reactive ketones (excluding diaryl/α,β-unsaturated/α-hetero) is 1. The number of hydrogen-bond donors (Lipinski definition) is 1. The predicted molar refractivity (Wildman–Crippen MR) is 63.6 cm³/mol. The van der Waals surface area contributed by atoms with Crippen molar-refractivity contribution in [3.63, 3.8) is 0 Å². The van der Waals surface area contributed by atoms with Crippen LogP contribution in [0.15, 0.2) is 18.5 Å². The van der Waals surface area contributed by atoms with E-state index in [4.69, 9.17) is 0 Å². The Kier molecular flexibility index (Phi) is 3.06. The lowest BCUT2D eigenvalue weighted by Crippen LogP contribution is -2.52. The number of carbonyl (C=O) groups excluding carboxylic acids is 1. The van der Waals surface area contributed by atoms with Crippen LogP contribution < -0.4 is 5.32 Å². The molecule has 0 amide bonds. The number of nitrogens with one attached hydrogen (secondary N) is 1. The molecule has 0 bridgehead atoms. The Morgan fingerprint density at radius 2 is 2.31 bits per heavy atom. The predicted octanol–water partition coefficient (Wildman–Crippen LogP) is 2.10. The van der Waals surface area contributed by atoms with Gasteiger partial charge in [0.15, 0.2) is 5.78 Å². The van der Waals surface area contributed by atoms with Crippen molar-refractivity contribution in [2.75, 3.05) is 6.54 Å². The van der Waals surface area contributed by atoms with Crippen LogP contribution in [0.25, 0.3) is 0 Å². The fourth-order valence-electron chi connectivity index (χ4n) is 2.25. The number of pyridine rings is 1. The molecule has 1 atom stereocenters. The second-order valence-corrected chi connectivity index (χ2v) is 4.74. The molecule has 16 heavy (non-hydrogen) atoms. The van der Waals surface area contributed by atoms with Gasteiger partial charge in [0.2, 0.25) is 0 Å². The molecule has 86 valence electrons. The molecule has 1 aliphatic heterocycles. The zero-order valence-corrected chi connectivity index (χ0v) is 9.92. The molecule has 1 aromatic rings. The summed E-state index contributed by atoms with van der Waals surface area (Å²) in [7, 11) is 0. The number of piperidine rings is 1. The number of aromatic nitrogens is 1. The number of carbonyl (C=O) groups is 1. The maximum absolute atomic E-state index is 12.4. The van der Waals surface area contributed by atoms with Crippen molar-refractivity contribution in [3.8, 4) is 0 Å². The molecule has 1 N–H and O–H groups in total. The van der Waals surface area contributed by atoms with Gasteiger partial charge < -0.3 is 5.32 Å². The van der Waals surface area contributed by atoms with Crippen molar-refractivity contribution in [1.29, 1.82) is 0 Å². The van der Waals surface area contributed by atoms with Gasteiger partial charge in [0, 0.05) is 18.0 Å². The Balaban J connectivity index is 2.28. The van der Waals surface area contributed by atoms with Gasteiger partial charge in [-0.3, -0.25) is 9.78 Å². The standard InChI is InChI=1S/C13H18N2O/c1-10-5-8-14-9-11(10)12(16)13(2)6-3-4-7-15-13/h5,8-9,15H,3-4,6-7H2,1-2H3. The minimum atomic E-state index is -0.397. The molecule has 1 aliphatic rings. The summed E-state index contributed by atoms with van der Waals surface area (Å²) in [6.07, 6.45) is 6.60. The summed E-state index contributed by atoms with van der Waals surface area (Å²) in [5, 5.41) is 3.34. The van der Waals surface area contributed by atoms with Crippen LogP contribution in [0.5, 0.6) is 0 Å². The first-order chi connectivity index (χ1) is 7.63. The van der Waals surface area contributed by atoms with Gasteiger partial charge >= 0.3 is 0 Å². The Hall–Kier alpha value is -1.22. The second kappa shape index (κ2) is 4.34. The molecule has 0 saturated carbocycles. The molecule has 1 aromatic heterocycles. The van der Waals surface area contributed by atoms with E-state index in [0.29, 0.717) is 0 Å². The summed E-state index contributed by atoms with van der Waals surface area (Å²) in [5.41, 5.74) is 1.36. The Bertz CT molecular complexity index is 395. The van der Waals surface area contributed by atoms with Crippen LogP contribution in [0.1, 0.15) is 42.1 Å². The number of aryl methyl sites for hydroxylation is 1. The van der Waals surface area contributed by atoms with Crippen molar-refractivity contribution in [3.05, 3.63) is 29.6 Å². The van der Waals surface area contributed by atoms with Crippen molar-refractivity contribution < 1.29 is 4.79 Å². The molecular formula is C13H18N2O. The van der Waals surface area contributed by atoms with Crippen LogP contribution in [0.2, 0.25) is 0 Å². The quantitative estimate of drug-likeness (QED) is 0.773. The highest BCUT2D eigenvalue weighted by molar-refractivity contribution is 6.03. The van der Waals surface area contributed by atoms with Crippen molar-refractivity contribution in [2.24, 2.45) is 0 Å². The molecule has 1 fully saturated rings. The van der Waals surface area contributed by atoms with E-state index in [1.807, 2.05) is 19.9 Å².